The van der Waals surface area contributed by atoms with Crippen LogP contribution in [0.4, 0.5) is 0 Å². The minimum atomic E-state index is -0.0540. The van der Waals surface area contributed by atoms with Gasteiger partial charge in [-0.25, -0.2) is 0 Å². The van der Waals surface area contributed by atoms with Gasteiger partial charge >= 0.3 is 0 Å². The molecule has 1 fully saturated rings. The third-order valence-electron chi connectivity index (χ3n) is 2.50. The Balaban J connectivity index is 2.55. The summed E-state index contributed by atoms with van der Waals surface area (Å²) in [5, 5.41) is 0. The summed E-state index contributed by atoms with van der Waals surface area (Å²) in [5.74, 6) is 0.0319. The lowest BCUT2D eigenvalue weighted by atomic mass is 10.2. The molecule has 1 atom stereocenters. The molecule has 5 heteroatoms. The molecule has 1 saturated heterocycles. The van der Waals surface area contributed by atoms with Gasteiger partial charge in [0.1, 0.15) is 5.88 Å². The second kappa shape index (κ2) is 4.64. The number of carbonyl (C=O) groups excluding carboxylic acids is 2. The zero-order valence-corrected chi connectivity index (χ0v) is 9.25. The van der Waals surface area contributed by atoms with Crippen LogP contribution in [0.15, 0.2) is 0 Å². The standard InChI is InChI=1S/C9H15ClN2O2/c1-7-6-11(9(14)5-10)3-4-12(7)8(2)13/h7H,3-6H2,1-2H3/t7-/m1/s1. The van der Waals surface area contributed by atoms with E-state index in [0.717, 1.165) is 0 Å². The Hall–Kier alpha value is -0.770. The zero-order chi connectivity index (χ0) is 10.7. The lowest BCUT2D eigenvalue weighted by Gasteiger charge is -2.39. The van der Waals surface area contributed by atoms with Crippen molar-refractivity contribution in [1.29, 1.82) is 0 Å². The molecule has 2 amide bonds. The van der Waals surface area contributed by atoms with E-state index in [9.17, 15) is 9.59 Å². The molecule has 1 rings (SSSR count). The second-order valence-electron chi connectivity index (χ2n) is 3.53. The predicted molar refractivity (Wildman–Crippen MR) is 54.1 cm³/mol. The van der Waals surface area contributed by atoms with Crippen molar-refractivity contribution in [1.82, 2.24) is 9.80 Å². The topological polar surface area (TPSA) is 40.6 Å². The van der Waals surface area contributed by atoms with E-state index >= 15 is 0 Å². The minimum Gasteiger partial charge on any atom is -0.338 e. The molecule has 80 valence electrons. The Kier molecular flexibility index (Phi) is 3.75. The summed E-state index contributed by atoms with van der Waals surface area (Å²) >= 11 is 5.46. The number of carbonyl (C=O) groups is 2. The summed E-state index contributed by atoms with van der Waals surface area (Å²) in [7, 11) is 0. The maximum atomic E-state index is 11.3. The molecule has 0 aliphatic carbocycles. The van der Waals surface area contributed by atoms with E-state index in [1.165, 1.54) is 0 Å². The van der Waals surface area contributed by atoms with Gasteiger partial charge in [-0.2, -0.15) is 0 Å². The first-order chi connectivity index (χ1) is 6.56. The third-order valence-corrected chi connectivity index (χ3v) is 2.73. The molecule has 0 radical (unpaired) electrons. The molecule has 0 aromatic heterocycles. The Morgan fingerprint density at radius 3 is 2.50 bits per heavy atom. The molecular weight excluding hydrogens is 204 g/mol. The van der Waals surface area contributed by atoms with Crippen molar-refractivity contribution in [2.45, 2.75) is 19.9 Å². The Morgan fingerprint density at radius 2 is 2.07 bits per heavy atom. The first kappa shape index (κ1) is 11.3. The number of piperazine rings is 1. The quantitative estimate of drug-likeness (QED) is 0.595. The highest BCUT2D eigenvalue weighted by atomic mass is 35.5. The van der Waals surface area contributed by atoms with E-state index in [-0.39, 0.29) is 23.7 Å². The van der Waals surface area contributed by atoms with E-state index in [4.69, 9.17) is 11.6 Å². The van der Waals surface area contributed by atoms with Gasteiger partial charge in [0.25, 0.3) is 0 Å². The first-order valence-corrected chi connectivity index (χ1v) is 5.20. The average Bonchev–Trinajstić information content (AvgIpc) is 2.15. The Morgan fingerprint density at radius 1 is 1.43 bits per heavy atom. The second-order valence-corrected chi connectivity index (χ2v) is 3.80. The number of nitrogens with zero attached hydrogens (tertiary/aromatic N) is 2. The van der Waals surface area contributed by atoms with Crippen LogP contribution in [0.2, 0.25) is 0 Å². The van der Waals surface area contributed by atoms with Crippen molar-refractivity contribution in [3.8, 4) is 0 Å². The minimum absolute atomic E-state index is 0.0206. The Bertz CT molecular complexity index is 245. The monoisotopic (exact) mass is 218 g/mol. The molecule has 0 saturated carbocycles. The fourth-order valence-corrected chi connectivity index (χ4v) is 1.91. The molecule has 4 nitrogen and oxygen atoms in total. The Labute approximate surface area is 88.8 Å². The van der Waals surface area contributed by atoms with Crippen molar-refractivity contribution in [3.05, 3.63) is 0 Å². The molecule has 1 aliphatic rings. The van der Waals surface area contributed by atoms with Crippen LogP contribution in [0.1, 0.15) is 13.8 Å². The summed E-state index contributed by atoms with van der Waals surface area (Å²) in [6.45, 7) is 5.28. The van der Waals surface area contributed by atoms with E-state index in [1.54, 1.807) is 16.7 Å². The van der Waals surface area contributed by atoms with E-state index in [2.05, 4.69) is 0 Å². The van der Waals surface area contributed by atoms with Crippen molar-refractivity contribution in [2.75, 3.05) is 25.5 Å². The summed E-state index contributed by atoms with van der Waals surface area (Å²) < 4.78 is 0. The molecule has 14 heavy (non-hydrogen) atoms. The number of hydrogen-bond donors (Lipinski definition) is 0. The van der Waals surface area contributed by atoms with Crippen molar-refractivity contribution < 1.29 is 9.59 Å². The van der Waals surface area contributed by atoms with Gasteiger partial charge in [-0.15, -0.1) is 11.6 Å². The number of hydrogen-bond acceptors (Lipinski definition) is 2. The summed E-state index contributed by atoms with van der Waals surface area (Å²) in [5.41, 5.74) is 0. The SMILES string of the molecule is CC(=O)N1CCN(C(=O)CCl)C[C@H]1C. The van der Waals surface area contributed by atoms with Crippen LogP contribution < -0.4 is 0 Å². The predicted octanol–water partition coefficient (Wildman–Crippen LogP) is 0.304. The lowest BCUT2D eigenvalue weighted by molar-refractivity contribution is -0.139. The van der Waals surface area contributed by atoms with E-state index < -0.39 is 0 Å². The van der Waals surface area contributed by atoms with Gasteiger partial charge in [0.15, 0.2) is 0 Å². The third kappa shape index (κ3) is 2.38. The first-order valence-electron chi connectivity index (χ1n) is 4.67. The van der Waals surface area contributed by atoms with Gasteiger partial charge < -0.3 is 9.80 Å². The van der Waals surface area contributed by atoms with Gasteiger partial charge in [-0.05, 0) is 6.92 Å². The number of alkyl halides is 1. The zero-order valence-electron chi connectivity index (χ0n) is 8.49. The fraction of sp³-hybridized carbons (Fsp3) is 0.778. The fourth-order valence-electron chi connectivity index (χ4n) is 1.74. The molecule has 1 heterocycles. The van der Waals surface area contributed by atoms with E-state index in [0.29, 0.717) is 19.6 Å². The van der Waals surface area contributed by atoms with Crippen LogP contribution in [0.5, 0.6) is 0 Å². The van der Waals surface area contributed by atoms with Crippen molar-refractivity contribution >= 4 is 23.4 Å². The lowest BCUT2D eigenvalue weighted by Crippen LogP contribution is -2.55. The molecule has 1 aliphatic heterocycles. The number of amides is 2. The molecule has 0 spiro atoms. The highest BCUT2D eigenvalue weighted by Gasteiger charge is 2.27. The van der Waals surface area contributed by atoms with Crippen LogP contribution in [-0.2, 0) is 9.59 Å². The highest BCUT2D eigenvalue weighted by Crippen LogP contribution is 2.09. The molecule has 0 unspecified atom stereocenters. The molecular formula is C9H15ClN2O2. The van der Waals surface area contributed by atoms with Crippen molar-refractivity contribution in [2.24, 2.45) is 0 Å². The summed E-state index contributed by atoms with van der Waals surface area (Å²) in [6.07, 6.45) is 0. The van der Waals surface area contributed by atoms with Gasteiger partial charge in [-0.1, -0.05) is 0 Å². The average molecular weight is 219 g/mol. The highest BCUT2D eigenvalue weighted by molar-refractivity contribution is 6.27. The molecule has 0 N–H and O–H groups in total. The van der Waals surface area contributed by atoms with Crippen LogP contribution >= 0.6 is 11.6 Å². The van der Waals surface area contributed by atoms with Gasteiger partial charge in [0, 0.05) is 32.6 Å². The van der Waals surface area contributed by atoms with E-state index in [1.807, 2.05) is 6.92 Å². The van der Waals surface area contributed by atoms with Crippen LogP contribution in [-0.4, -0.2) is 53.2 Å². The van der Waals surface area contributed by atoms with Gasteiger partial charge in [0.05, 0.1) is 0 Å². The van der Waals surface area contributed by atoms with Crippen LogP contribution in [0, 0.1) is 0 Å². The van der Waals surface area contributed by atoms with Crippen LogP contribution in [0.25, 0.3) is 0 Å². The van der Waals surface area contributed by atoms with Gasteiger partial charge in [0.2, 0.25) is 11.8 Å². The maximum Gasteiger partial charge on any atom is 0.237 e. The molecule has 0 aromatic carbocycles. The number of rotatable bonds is 1. The largest absolute Gasteiger partial charge is 0.338 e. The van der Waals surface area contributed by atoms with Crippen LogP contribution in [0.3, 0.4) is 0 Å². The molecule has 0 aromatic rings. The maximum absolute atomic E-state index is 11.3. The smallest absolute Gasteiger partial charge is 0.237 e. The molecule has 0 bridgehead atoms. The van der Waals surface area contributed by atoms with Crippen molar-refractivity contribution in [3.63, 3.8) is 0 Å². The summed E-state index contributed by atoms with van der Waals surface area (Å²) in [6, 6.07) is 0.0911. The number of halogens is 1. The summed E-state index contributed by atoms with van der Waals surface area (Å²) in [4.78, 5) is 25.9. The normalized spacial score (nSPS) is 22.4. The van der Waals surface area contributed by atoms with Gasteiger partial charge in [-0.3, -0.25) is 9.59 Å².